The van der Waals surface area contributed by atoms with Gasteiger partial charge in [0.2, 0.25) is 0 Å². The summed E-state index contributed by atoms with van der Waals surface area (Å²) in [4.78, 5) is 4.85. The zero-order chi connectivity index (χ0) is 23.7. The maximum absolute atomic E-state index is 9.81. The highest BCUT2D eigenvalue weighted by Gasteiger charge is 2.35. The number of benzene rings is 3. The molecule has 0 saturated carbocycles. The van der Waals surface area contributed by atoms with Crippen LogP contribution in [0, 0.1) is 22.7 Å². The van der Waals surface area contributed by atoms with Gasteiger partial charge < -0.3 is 9.64 Å². The molecule has 0 aliphatic carbocycles. The molecule has 0 N–H and O–H groups in total. The van der Waals surface area contributed by atoms with Gasteiger partial charge in [0.25, 0.3) is 0 Å². The molecule has 2 heterocycles. The highest BCUT2D eigenvalue weighted by atomic mass is 79.9. The number of ether oxygens (including phenoxy) is 1. The molecule has 0 amide bonds. The standard InChI is InChI=1S/C27H22BrClN4O/c28-21-4-8-24(20(14-21)16-31)33-11-10-32(17-26(33)19-2-5-22(29)6-3-19)25-9-12-34-27-13-18(15-30)1-7-23(25)27/h1-8,13-14,25-26H,9-12,17H2/t25?,26-/m0/s1. The van der Waals surface area contributed by atoms with Gasteiger partial charge in [0.05, 0.1) is 35.5 Å². The Morgan fingerprint density at radius 2 is 1.76 bits per heavy atom. The highest BCUT2D eigenvalue weighted by Crippen LogP contribution is 2.41. The van der Waals surface area contributed by atoms with Gasteiger partial charge in [0.15, 0.2) is 0 Å². The second-order valence-electron chi connectivity index (χ2n) is 8.55. The van der Waals surface area contributed by atoms with Gasteiger partial charge in [-0.25, -0.2) is 0 Å². The van der Waals surface area contributed by atoms with Crippen LogP contribution in [0.25, 0.3) is 0 Å². The van der Waals surface area contributed by atoms with E-state index >= 15 is 0 Å². The van der Waals surface area contributed by atoms with Crippen LogP contribution in [-0.4, -0.2) is 31.1 Å². The predicted molar refractivity (Wildman–Crippen MR) is 136 cm³/mol. The molecule has 7 heteroatoms. The van der Waals surface area contributed by atoms with Crippen LogP contribution >= 0.6 is 27.5 Å². The van der Waals surface area contributed by atoms with Crippen LogP contribution in [0.4, 0.5) is 5.69 Å². The number of piperazine rings is 1. The van der Waals surface area contributed by atoms with Crippen molar-refractivity contribution in [2.45, 2.75) is 18.5 Å². The van der Waals surface area contributed by atoms with Gasteiger partial charge in [-0.1, -0.05) is 45.7 Å². The van der Waals surface area contributed by atoms with Gasteiger partial charge in [-0.2, -0.15) is 10.5 Å². The molecular weight excluding hydrogens is 512 g/mol. The zero-order valence-electron chi connectivity index (χ0n) is 18.4. The van der Waals surface area contributed by atoms with Crippen LogP contribution in [0.2, 0.25) is 5.02 Å². The van der Waals surface area contributed by atoms with Gasteiger partial charge >= 0.3 is 0 Å². The molecule has 1 unspecified atom stereocenters. The van der Waals surface area contributed by atoms with Crippen molar-refractivity contribution in [2.75, 3.05) is 31.1 Å². The number of rotatable bonds is 3. The second-order valence-corrected chi connectivity index (χ2v) is 9.90. The highest BCUT2D eigenvalue weighted by molar-refractivity contribution is 9.10. The molecule has 0 spiro atoms. The van der Waals surface area contributed by atoms with Crippen molar-refractivity contribution in [1.82, 2.24) is 4.90 Å². The first-order chi connectivity index (χ1) is 16.6. The molecule has 1 fully saturated rings. The minimum absolute atomic E-state index is 0.0592. The number of nitrogens with zero attached hydrogens (tertiary/aromatic N) is 4. The molecule has 0 radical (unpaired) electrons. The lowest BCUT2D eigenvalue weighted by Gasteiger charge is -2.47. The van der Waals surface area contributed by atoms with Crippen LogP contribution in [0.5, 0.6) is 5.75 Å². The van der Waals surface area contributed by atoms with Crippen molar-refractivity contribution in [2.24, 2.45) is 0 Å². The van der Waals surface area contributed by atoms with E-state index in [1.54, 1.807) is 0 Å². The average Bonchev–Trinajstić information content (AvgIpc) is 2.88. The summed E-state index contributed by atoms with van der Waals surface area (Å²) >= 11 is 9.68. The molecule has 1 saturated heterocycles. The lowest BCUT2D eigenvalue weighted by molar-refractivity contribution is 0.117. The van der Waals surface area contributed by atoms with Crippen LogP contribution in [0.1, 0.15) is 40.8 Å². The Labute approximate surface area is 212 Å². The number of fused-ring (bicyclic) bond motifs is 1. The molecule has 5 nitrogen and oxygen atoms in total. The van der Waals surface area contributed by atoms with E-state index in [0.29, 0.717) is 22.8 Å². The molecule has 170 valence electrons. The van der Waals surface area contributed by atoms with E-state index in [-0.39, 0.29) is 12.1 Å². The van der Waals surface area contributed by atoms with E-state index < -0.39 is 0 Å². The van der Waals surface area contributed by atoms with E-state index in [4.69, 9.17) is 16.3 Å². The first kappa shape index (κ1) is 22.7. The van der Waals surface area contributed by atoms with Crippen molar-refractivity contribution in [3.63, 3.8) is 0 Å². The summed E-state index contributed by atoms with van der Waals surface area (Å²) in [5.74, 6) is 0.806. The van der Waals surface area contributed by atoms with Crippen molar-refractivity contribution in [1.29, 1.82) is 10.5 Å². The third-order valence-corrected chi connectivity index (χ3v) is 7.39. The third kappa shape index (κ3) is 4.38. The summed E-state index contributed by atoms with van der Waals surface area (Å²) in [5, 5.41) is 19.8. The maximum atomic E-state index is 9.81. The van der Waals surface area contributed by atoms with Crippen molar-refractivity contribution >= 4 is 33.2 Å². The zero-order valence-corrected chi connectivity index (χ0v) is 20.8. The summed E-state index contributed by atoms with van der Waals surface area (Å²) in [7, 11) is 0. The van der Waals surface area contributed by atoms with Crippen LogP contribution < -0.4 is 9.64 Å². The van der Waals surface area contributed by atoms with Crippen molar-refractivity contribution in [3.8, 4) is 17.9 Å². The largest absolute Gasteiger partial charge is 0.493 e. The average molecular weight is 534 g/mol. The summed E-state index contributed by atoms with van der Waals surface area (Å²) in [5.41, 5.74) is 4.50. The molecule has 34 heavy (non-hydrogen) atoms. The number of hydrogen-bond donors (Lipinski definition) is 0. The summed E-state index contributed by atoms with van der Waals surface area (Å²) in [6.07, 6.45) is 0.897. The Morgan fingerprint density at radius 3 is 2.53 bits per heavy atom. The minimum atomic E-state index is 0.0592. The number of hydrogen-bond acceptors (Lipinski definition) is 5. The van der Waals surface area contributed by atoms with Gasteiger partial charge in [-0.3, -0.25) is 4.90 Å². The van der Waals surface area contributed by atoms with Crippen LogP contribution in [-0.2, 0) is 0 Å². The second kappa shape index (κ2) is 9.68. The SMILES string of the molecule is N#Cc1ccc2c(c1)OCCC2N1CCN(c2ccc(Br)cc2C#N)[C@H](c2ccc(Cl)cc2)C1. The number of halogens is 2. The molecular formula is C27H22BrClN4O. The molecule has 0 aromatic heterocycles. The molecule has 2 atom stereocenters. The molecule has 2 aliphatic rings. The maximum Gasteiger partial charge on any atom is 0.125 e. The van der Waals surface area contributed by atoms with Crippen LogP contribution in [0.15, 0.2) is 65.1 Å². The van der Waals surface area contributed by atoms with Gasteiger partial charge in [0.1, 0.15) is 11.8 Å². The molecule has 2 aliphatic heterocycles. The lowest BCUT2D eigenvalue weighted by atomic mass is 9.94. The van der Waals surface area contributed by atoms with Gasteiger partial charge in [-0.05, 0) is 48.0 Å². The van der Waals surface area contributed by atoms with Crippen molar-refractivity contribution in [3.05, 3.63) is 92.4 Å². The molecule has 5 rings (SSSR count). The Balaban J connectivity index is 1.51. The van der Waals surface area contributed by atoms with Gasteiger partial charge in [-0.15, -0.1) is 0 Å². The molecule has 3 aromatic carbocycles. The summed E-state index contributed by atoms with van der Waals surface area (Å²) in [6.45, 7) is 3.07. The Kier molecular flexibility index (Phi) is 6.48. The quantitative estimate of drug-likeness (QED) is 0.399. The van der Waals surface area contributed by atoms with E-state index in [1.807, 2.05) is 48.5 Å². The van der Waals surface area contributed by atoms with Crippen LogP contribution in [0.3, 0.4) is 0 Å². The number of anilines is 1. The summed E-state index contributed by atoms with van der Waals surface area (Å²) in [6, 6.07) is 24.5. The fourth-order valence-electron chi connectivity index (χ4n) is 5.01. The fourth-order valence-corrected chi connectivity index (χ4v) is 5.50. The molecule has 0 bridgehead atoms. The first-order valence-electron chi connectivity index (χ1n) is 11.2. The third-order valence-electron chi connectivity index (χ3n) is 6.65. The first-order valence-corrected chi connectivity index (χ1v) is 12.4. The number of nitriles is 2. The van der Waals surface area contributed by atoms with E-state index in [1.165, 1.54) is 0 Å². The Morgan fingerprint density at radius 1 is 0.941 bits per heavy atom. The molecule has 3 aromatic rings. The smallest absolute Gasteiger partial charge is 0.125 e. The van der Waals surface area contributed by atoms with E-state index in [0.717, 1.165) is 53.1 Å². The predicted octanol–water partition coefficient (Wildman–Crippen LogP) is 6.23. The Bertz CT molecular complexity index is 1300. The monoisotopic (exact) mass is 532 g/mol. The van der Waals surface area contributed by atoms with Crippen molar-refractivity contribution < 1.29 is 4.74 Å². The van der Waals surface area contributed by atoms with E-state index in [9.17, 15) is 10.5 Å². The lowest BCUT2D eigenvalue weighted by Crippen LogP contribution is -2.50. The Hall–Kier alpha value is -3.03. The normalized spacial score (nSPS) is 20.1. The minimum Gasteiger partial charge on any atom is -0.493 e. The topological polar surface area (TPSA) is 63.3 Å². The summed E-state index contributed by atoms with van der Waals surface area (Å²) < 4.78 is 6.79. The fraction of sp³-hybridized carbons (Fsp3) is 0.259. The van der Waals surface area contributed by atoms with Gasteiger partial charge in [0, 0.05) is 47.2 Å². The van der Waals surface area contributed by atoms with E-state index in [2.05, 4.69) is 50.0 Å².